The third-order valence-corrected chi connectivity index (χ3v) is 3.61. The zero-order chi connectivity index (χ0) is 14.7. The summed E-state index contributed by atoms with van der Waals surface area (Å²) in [6.07, 6.45) is 2.70. The number of carbonyl (C=O) groups is 1. The Hall–Kier alpha value is -2.55. The third-order valence-electron chi connectivity index (χ3n) is 3.61. The number of aryl methyl sites for hydroxylation is 1. The summed E-state index contributed by atoms with van der Waals surface area (Å²) < 4.78 is 0. The van der Waals surface area contributed by atoms with E-state index >= 15 is 0 Å². The number of aromatic nitrogens is 1. The first-order chi connectivity index (χ1) is 10.2. The number of hydrogen-bond donors (Lipinski definition) is 2. The van der Waals surface area contributed by atoms with E-state index in [4.69, 9.17) is 0 Å². The van der Waals surface area contributed by atoms with Crippen molar-refractivity contribution in [1.29, 1.82) is 0 Å². The van der Waals surface area contributed by atoms with Gasteiger partial charge in [-0.05, 0) is 31.0 Å². The lowest BCUT2D eigenvalue weighted by Crippen LogP contribution is -2.25. The maximum atomic E-state index is 12.3. The van der Waals surface area contributed by atoms with E-state index in [-0.39, 0.29) is 5.91 Å². The topological polar surface area (TPSA) is 44.9 Å². The molecule has 2 aromatic carbocycles. The molecule has 0 atom stereocenters. The van der Waals surface area contributed by atoms with Crippen LogP contribution in [0.2, 0.25) is 0 Å². The fourth-order valence-corrected chi connectivity index (χ4v) is 2.56. The molecule has 21 heavy (non-hydrogen) atoms. The van der Waals surface area contributed by atoms with Gasteiger partial charge in [0.05, 0.1) is 11.1 Å². The maximum absolute atomic E-state index is 12.3. The average Bonchev–Trinajstić information content (AvgIpc) is 2.95. The highest BCUT2D eigenvalue weighted by molar-refractivity contribution is 6.05. The minimum atomic E-state index is -0.0318. The quantitative estimate of drug-likeness (QED) is 0.754. The number of fused-ring (bicyclic) bond motifs is 1. The van der Waals surface area contributed by atoms with Crippen LogP contribution in [-0.4, -0.2) is 17.4 Å². The molecule has 0 spiro atoms. The lowest BCUT2D eigenvalue weighted by Gasteiger charge is -2.07. The Morgan fingerprint density at radius 3 is 2.86 bits per heavy atom. The Kier molecular flexibility index (Phi) is 3.73. The summed E-state index contributed by atoms with van der Waals surface area (Å²) >= 11 is 0. The van der Waals surface area contributed by atoms with E-state index in [0.717, 1.165) is 17.3 Å². The Bertz CT molecular complexity index is 773. The van der Waals surface area contributed by atoms with Gasteiger partial charge < -0.3 is 10.3 Å². The summed E-state index contributed by atoms with van der Waals surface area (Å²) in [5, 5.41) is 4.05. The van der Waals surface area contributed by atoms with Crippen molar-refractivity contribution in [2.24, 2.45) is 0 Å². The first kappa shape index (κ1) is 13.4. The number of benzene rings is 2. The molecule has 0 saturated heterocycles. The molecule has 0 aliphatic rings. The first-order valence-electron chi connectivity index (χ1n) is 7.14. The van der Waals surface area contributed by atoms with Gasteiger partial charge in [0.15, 0.2) is 0 Å². The number of aromatic amines is 1. The van der Waals surface area contributed by atoms with Crippen LogP contribution in [0.5, 0.6) is 0 Å². The van der Waals surface area contributed by atoms with Crippen molar-refractivity contribution in [2.75, 3.05) is 6.54 Å². The van der Waals surface area contributed by atoms with Crippen molar-refractivity contribution in [2.45, 2.75) is 13.3 Å². The van der Waals surface area contributed by atoms with Gasteiger partial charge in [-0.15, -0.1) is 0 Å². The van der Waals surface area contributed by atoms with Crippen LogP contribution in [0.3, 0.4) is 0 Å². The van der Waals surface area contributed by atoms with Gasteiger partial charge in [-0.25, -0.2) is 0 Å². The van der Waals surface area contributed by atoms with E-state index in [1.165, 1.54) is 11.1 Å². The fraction of sp³-hybridized carbons (Fsp3) is 0.167. The largest absolute Gasteiger partial charge is 0.361 e. The number of H-pyrrole nitrogens is 1. The molecule has 0 radical (unpaired) electrons. The maximum Gasteiger partial charge on any atom is 0.253 e. The van der Waals surface area contributed by atoms with Crippen molar-refractivity contribution in [3.63, 3.8) is 0 Å². The lowest BCUT2D eigenvalue weighted by molar-refractivity contribution is 0.0955. The van der Waals surface area contributed by atoms with Crippen molar-refractivity contribution in [1.82, 2.24) is 10.3 Å². The second-order valence-corrected chi connectivity index (χ2v) is 5.24. The van der Waals surface area contributed by atoms with Crippen LogP contribution in [0.4, 0.5) is 0 Å². The summed E-state index contributed by atoms with van der Waals surface area (Å²) in [4.78, 5) is 15.4. The van der Waals surface area contributed by atoms with Gasteiger partial charge in [0.1, 0.15) is 0 Å². The van der Waals surface area contributed by atoms with Crippen LogP contribution in [0, 0.1) is 6.92 Å². The minimum absolute atomic E-state index is 0.0318. The van der Waals surface area contributed by atoms with Gasteiger partial charge >= 0.3 is 0 Å². The SMILES string of the molecule is Cc1cccc(CCNC(=O)c2cccc3cc[nH]c23)c1. The highest BCUT2D eigenvalue weighted by Crippen LogP contribution is 2.16. The molecule has 0 saturated carbocycles. The van der Waals surface area contributed by atoms with Crippen molar-refractivity contribution < 1.29 is 4.79 Å². The van der Waals surface area contributed by atoms with E-state index < -0.39 is 0 Å². The second kappa shape index (κ2) is 5.83. The molecule has 0 fully saturated rings. The Morgan fingerprint density at radius 1 is 1.14 bits per heavy atom. The summed E-state index contributed by atoms with van der Waals surface area (Å²) in [6, 6.07) is 16.1. The zero-order valence-electron chi connectivity index (χ0n) is 12.0. The molecule has 1 aromatic heterocycles. The van der Waals surface area contributed by atoms with Crippen molar-refractivity contribution >= 4 is 16.8 Å². The summed E-state index contributed by atoms with van der Waals surface area (Å²) in [6.45, 7) is 2.72. The highest BCUT2D eigenvalue weighted by atomic mass is 16.1. The Balaban J connectivity index is 1.65. The fourth-order valence-electron chi connectivity index (χ4n) is 2.56. The van der Waals surface area contributed by atoms with Crippen LogP contribution in [0.15, 0.2) is 54.7 Å². The molecule has 0 unspecified atom stereocenters. The number of amides is 1. The molecule has 1 amide bonds. The molecule has 1 heterocycles. The van der Waals surface area contributed by atoms with E-state index in [0.29, 0.717) is 12.1 Å². The predicted octanol–water partition coefficient (Wildman–Crippen LogP) is 3.45. The van der Waals surface area contributed by atoms with Crippen LogP contribution in [0.25, 0.3) is 10.9 Å². The van der Waals surface area contributed by atoms with Crippen LogP contribution in [0.1, 0.15) is 21.5 Å². The standard InChI is InChI=1S/C18H18N2O/c1-13-4-2-5-14(12-13)8-10-20-18(21)16-7-3-6-15-9-11-19-17(15)16/h2-7,9,11-12,19H,8,10H2,1H3,(H,20,21). The van der Waals surface area contributed by atoms with Gasteiger partial charge in [-0.3, -0.25) is 4.79 Å². The highest BCUT2D eigenvalue weighted by Gasteiger charge is 2.09. The molecule has 3 nitrogen and oxygen atoms in total. The van der Waals surface area contributed by atoms with E-state index in [1.54, 1.807) is 0 Å². The van der Waals surface area contributed by atoms with Crippen LogP contribution in [-0.2, 0) is 6.42 Å². The molecule has 106 valence electrons. The van der Waals surface area contributed by atoms with Gasteiger partial charge in [0.2, 0.25) is 0 Å². The van der Waals surface area contributed by atoms with Crippen LogP contribution < -0.4 is 5.32 Å². The molecule has 3 heteroatoms. The summed E-state index contributed by atoms with van der Waals surface area (Å²) in [5.74, 6) is -0.0318. The zero-order valence-corrected chi connectivity index (χ0v) is 12.0. The van der Waals surface area contributed by atoms with Gasteiger partial charge in [0, 0.05) is 18.1 Å². The van der Waals surface area contributed by atoms with Gasteiger partial charge in [-0.2, -0.15) is 0 Å². The van der Waals surface area contributed by atoms with Gasteiger partial charge in [0.25, 0.3) is 5.91 Å². The van der Waals surface area contributed by atoms with E-state index in [1.807, 2.05) is 36.5 Å². The Morgan fingerprint density at radius 2 is 2.00 bits per heavy atom. The summed E-state index contributed by atoms with van der Waals surface area (Å²) in [7, 11) is 0. The van der Waals surface area contributed by atoms with Crippen molar-refractivity contribution in [3.05, 3.63) is 71.4 Å². The van der Waals surface area contributed by atoms with Crippen LogP contribution >= 0.6 is 0 Å². The number of carbonyl (C=O) groups excluding carboxylic acids is 1. The monoisotopic (exact) mass is 278 g/mol. The minimum Gasteiger partial charge on any atom is -0.361 e. The molecule has 2 N–H and O–H groups in total. The molecule has 3 rings (SSSR count). The Labute approximate surface area is 124 Å². The lowest BCUT2D eigenvalue weighted by atomic mass is 10.1. The second-order valence-electron chi connectivity index (χ2n) is 5.24. The van der Waals surface area contributed by atoms with E-state index in [2.05, 4.69) is 35.4 Å². The normalized spacial score (nSPS) is 10.7. The predicted molar refractivity (Wildman–Crippen MR) is 85.5 cm³/mol. The molecule has 3 aromatic rings. The first-order valence-corrected chi connectivity index (χ1v) is 7.14. The molecule has 0 aliphatic carbocycles. The van der Waals surface area contributed by atoms with E-state index in [9.17, 15) is 4.79 Å². The number of nitrogens with one attached hydrogen (secondary N) is 2. The molecule has 0 bridgehead atoms. The third kappa shape index (κ3) is 2.97. The molecular weight excluding hydrogens is 260 g/mol. The van der Waals surface area contributed by atoms with Crippen molar-refractivity contribution in [3.8, 4) is 0 Å². The smallest absolute Gasteiger partial charge is 0.253 e. The number of hydrogen-bond acceptors (Lipinski definition) is 1. The number of rotatable bonds is 4. The summed E-state index contributed by atoms with van der Waals surface area (Å²) in [5.41, 5.74) is 4.08. The average molecular weight is 278 g/mol. The molecular formula is C18H18N2O. The van der Waals surface area contributed by atoms with Gasteiger partial charge in [-0.1, -0.05) is 42.0 Å². The molecule has 0 aliphatic heterocycles. The number of para-hydroxylation sites is 1.